The van der Waals surface area contributed by atoms with Gasteiger partial charge in [0.2, 0.25) is 0 Å². The molecule has 0 unspecified atom stereocenters. The van der Waals surface area contributed by atoms with Crippen LogP contribution in [0.3, 0.4) is 0 Å². The molecule has 9 heteroatoms. The van der Waals surface area contributed by atoms with E-state index in [2.05, 4.69) is 5.10 Å². The van der Waals surface area contributed by atoms with E-state index in [0.717, 1.165) is 16.8 Å². The quantitative estimate of drug-likeness (QED) is 0.608. The number of H-pyrrole nitrogens is 1. The van der Waals surface area contributed by atoms with Gasteiger partial charge in [-0.25, -0.2) is 0 Å². The molecule has 1 heterocycles. The molecular formula is C8H6N4O5. The van der Waals surface area contributed by atoms with Gasteiger partial charge in [0.1, 0.15) is 5.52 Å². The third-order valence-corrected chi connectivity index (χ3v) is 2.32. The molecule has 0 aliphatic carbocycles. The van der Waals surface area contributed by atoms with Crippen molar-refractivity contribution in [2.24, 2.45) is 7.05 Å². The summed E-state index contributed by atoms with van der Waals surface area (Å²) in [4.78, 5) is 31.4. The second-order valence-corrected chi connectivity index (χ2v) is 3.38. The molecule has 9 nitrogen and oxygen atoms in total. The van der Waals surface area contributed by atoms with Crippen molar-refractivity contribution >= 4 is 22.3 Å². The molecule has 1 aromatic carbocycles. The Hall–Kier alpha value is -2.71. The number of rotatable bonds is 2. The fourth-order valence-corrected chi connectivity index (χ4v) is 1.55. The molecule has 0 aliphatic rings. The molecule has 1 aromatic heterocycles. The van der Waals surface area contributed by atoms with Crippen molar-refractivity contribution in [1.29, 1.82) is 0 Å². The molecule has 0 bridgehead atoms. The number of hydrogen-bond donors (Lipinski definition) is 1. The van der Waals surface area contributed by atoms with Crippen LogP contribution in [-0.2, 0) is 7.05 Å². The first kappa shape index (κ1) is 10.8. The second-order valence-electron chi connectivity index (χ2n) is 3.38. The SMILES string of the molecule is Cn1[nH]c2c([N+](=O)[O-])cc([N+](=O)[O-])cc2c1=O. The van der Waals surface area contributed by atoms with Crippen molar-refractivity contribution in [3.8, 4) is 0 Å². The minimum atomic E-state index is -0.779. The lowest BCUT2D eigenvalue weighted by atomic mass is 10.2. The molecule has 2 rings (SSSR count). The minimum Gasteiger partial charge on any atom is -0.289 e. The summed E-state index contributed by atoms with van der Waals surface area (Å²) < 4.78 is 1.03. The van der Waals surface area contributed by atoms with Crippen molar-refractivity contribution in [3.05, 3.63) is 42.7 Å². The molecule has 17 heavy (non-hydrogen) atoms. The summed E-state index contributed by atoms with van der Waals surface area (Å²) in [6, 6.07) is 1.83. The normalized spacial score (nSPS) is 10.6. The summed E-state index contributed by atoms with van der Waals surface area (Å²) in [6.45, 7) is 0. The largest absolute Gasteiger partial charge is 0.301 e. The molecule has 0 spiro atoms. The molecule has 0 amide bonds. The number of nitrogens with zero attached hydrogens (tertiary/aromatic N) is 3. The average Bonchev–Trinajstić information content (AvgIpc) is 2.54. The molecule has 2 aromatic rings. The Morgan fingerprint density at radius 3 is 2.41 bits per heavy atom. The van der Waals surface area contributed by atoms with Crippen LogP contribution in [0.2, 0.25) is 0 Å². The molecule has 0 aliphatic heterocycles. The van der Waals surface area contributed by atoms with Gasteiger partial charge in [0.25, 0.3) is 11.2 Å². The van der Waals surface area contributed by atoms with Gasteiger partial charge in [0.05, 0.1) is 21.3 Å². The van der Waals surface area contributed by atoms with Gasteiger partial charge in [0.15, 0.2) is 0 Å². The highest BCUT2D eigenvalue weighted by atomic mass is 16.6. The lowest BCUT2D eigenvalue weighted by molar-refractivity contribution is -0.393. The predicted molar refractivity (Wildman–Crippen MR) is 56.8 cm³/mol. The topological polar surface area (TPSA) is 124 Å². The maximum Gasteiger partial charge on any atom is 0.301 e. The first-order valence-electron chi connectivity index (χ1n) is 4.43. The molecule has 0 radical (unpaired) electrons. The van der Waals surface area contributed by atoms with E-state index in [1.165, 1.54) is 7.05 Å². The van der Waals surface area contributed by atoms with Crippen LogP contribution in [-0.4, -0.2) is 19.6 Å². The summed E-state index contributed by atoms with van der Waals surface area (Å²) in [7, 11) is 1.37. The number of hydrogen-bond acceptors (Lipinski definition) is 5. The maximum atomic E-state index is 11.6. The van der Waals surface area contributed by atoms with Gasteiger partial charge >= 0.3 is 5.69 Å². The minimum absolute atomic E-state index is 0.0203. The number of nitrogens with one attached hydrogen (secondary N) is 1. The molecule has 1 N–H and O–H groups in total. The number of nitro benzene ring substituents is 2. The lowest BCUT2D eigenvalue weighted by Gasteiger charge is -1.94. The number of non-ortho nitro benzene ring substituents is 2. The van der Waals surface area contributed by atoms with E-state index in [4.69, 9.17) is 0 Å². The molecule has 0 fully saturated rings. The number of aryl methyl sites for hydroxylation is 1. The first-order chi connectivity index (χ1) is 7.91. The predicted octanol–water partition coefficient (Wildman–Crippen LogP) is 0.683. The standard InChI is InChI=1S/C8H6N4O5/c1-10-8(13)5-2-4(11(14)15)3-6(12(16)17)7(5)9-10/h2-3,9H,1H3. The van der Waals surface area contributed by atoms with Crippen molar-refractivity contribution in [2.45, 2.75) is 0 Å². The number of nitro groups is 2. The summed E-state index contributed by atoms with van der Waals surface area (Å²) in [5, 5.41) is 23.8. The second kappa shape index (κ2) is 3.40. The Morgan fingerprint density at radius 1 is 1.24 bits per heavy atom. The van der Waals surface area contributed by atoms with E-state index < -0.39 is 26.8 Å². The third kappa shape index (κ3) is 1.53. The number of aromatic amines is 1. The number of benzene rings is 1. The Balaban J connectivity index is 2.96. The summed E-state index contributed by atoms with van der Waals surface area (Å²) in [5.41, 5.74) is -1.55. The Morgan fingerprint density at radius 2 is 1.88 bits per heavy atom. The molecule has 0 saturated carbocycles. The average molecular weight is 238 g/mol. The molecule has 88 valence electrons. The monoisotopic (exact) mass is 238 g/mol. The zero-order chi connectivity index (χ0) is 12.7. The fourth-order valence-electron chi connectivity index (χ4n) is 1.55. The Kier molecular flexibility index (Phi) is 2.16. The summed E-state index contributed by atoms with van der Waals surface area (Å²) >= 11 is 0. The van der Waals surface area contributed by atoms with Crippen LogP contribution in [0.15, 0.2) is 16.9 Å². The van der Waals surface area contributed by atoms with Crippen LogP contribution in [0.25, 0.3) is 10.9 Å². The van der Waals surface area contributed by atoms with Gasteiger partial charge in [-0.3, -0.25) is 34.8 Å². The Bertz CT molecular complexity index is 698. The van der Waals surface area contributed by atoms with E-state index in [-0.39, 0.29) is 10.9 Å². The third-order valence-electron chi connectivity index (χ3n) is 2.32. The summed E-state index contributed by atoms with van der Waals surface area (Å²) in [6.07, 6.45) is 0. The van der Waals surface area contributed by atoms with Crippen molar-refractivity contribution < 1.29 is 9.85 Å². The molecule has 0 saturated heterocycles. The maximum absolute atomic E-state index is 11.6. The van der Waals surface area contributed by atoms with Crippen LogP contribution in [0.5, 0.6) is 0 Å². The zero-order valence-corrected chi connectivity index (χ0v) is 8.54. The van der Waals surface area contributed by atoms with Crippen LogP contribution in [0, 0.1) is 20.2 Å². The Labute approximate surface area is 92.6 Å². The van der Waals surface area contributed by atoms with Crippen molar-refractivity contribution in [3.63, 3.8) is 0 Å². The van der Waals surface area contributed by atoms with Gasteiger partial charge < -0.3 is 0 Å². The summed E-state index contributed by atoms with van der Waals surface area (Å²) in [5.74, 6) is 0. The van der Waals surface area contributed by atoms with E-state index in [0.29, 0.717) is 0 Å². The highest BCUT2D eigenvalue weighted by Crippen LogP contribution is 2.27. The van der Waals surface area contributed by atoms with Crippen LogP contribution in [0.4, 0.5) is 11.4 Å². The van der Waals surface area contributed by atoms with Crippen LogP contribution < -0.4 is 5.56 Å². The molecule has 0 atom stereocenters. The first-order valence-corrected chi connectivity index (χ1v) is 4.43. The van der Waals surface area contributed by atoms with E-state index in [9.17, 15) is 25.0 Å². The van der Waals surface area contributed by atoms with E-state index in [1.807, 2.05) is 0 Å². The van der Waals surface area contributed by atoms with E-state index >= 15 is 0 Å². The number of fused-ring (bicyclic) bond motifs is 1. The smallest absolute Gasteiger partial charge is 0.289 e. The van der Waals surface area contributed by atoms with Crippen molar-refractivity contribution in [1.82, 2.24) is 9.78 Å². The van der Waals surface area contributed by atoms with Crippen molar-refractivity contribution in [2.75, 3.05) is 0 Å². The van der Waals surface area contributed by atoms with Crippen LogP contribution in [0.1, 0.15) is 0 Å². The highest BCUT2D eigenvalue weighted by molar-refractivity contribution is 5.89. The fraction of sp³-hybridized carbons (Fsp3) is 0.125. The molecular weight excluding hydrogens is 232 g/mol. The van der Waals surface area contributed by atoms with Gasteiger partial charge in [-0.1, -0.05) is 0 Å². The highest BCUT2D eigenvalue weighted by Gasteiger charge is 2.22. The van der Waals surface area contributed by atoms with Gasteiger partial charge in [-0.2, -0.15) is 0 Å². The van der Waals surface area contributed by atoms with Gasteiger partial charge in [-0.15, -0.1) is 0 Å². The van der Waals surface area contributed by atoms with Crippen LogP contribution >= 0.6 is 0 Å². The number of aromatic nitrogens is 2. The van der Waals surface area contributed by atoms with E-state index in [1.54, 1.807) is 0 Å². The van der Waals surface area contributed by atoms with Gasteiger partial charge in [0, 0.05) is 13.1 Å². The zero-order valence-electron chi connectivity index (χ0n) is 8.54. The van der Waals surface area contributed by atoms with Gasteiger partial charge in [-0.05, 0) is 0 Å². The lowest BCUT2D eigenvalue weighted by Crippen LogP contribution is -2.11.